The van der Waals surface area contributed by atoms with Crippen molar-refractivity contribution in [1.29, 1.82) is 0 Å². The molecule has 1 aliphatic carbocycles. The first kappa shape index (κ1) is 27.6. The number of aromatic nitrogens is 1. The van der Waals surface area contributed by atoms with Crippen LogP contribution in [0.4, 0.5) is 0 Å². The van der Waals surface area contributed by atoms with E-state index in [4.69, 9.17) is 32.7 Å². The number of carbonyl (C=O) groups is 2. The number of esters is 1. The number of hydrogen-bond acceptors (Lipinski definition) is 6. The number of nitrogens with zero attached hydrogens (tertiary/aromatic N) is 2. The van der Waals surface area contributed by atoms with Crippen LogP contribution in [0.15, 0.2) is 66.9 Å². The first-order valence-electron chi connectivity index (χ1n) is 12.9. The third kappa shape index (κ3) is 5.68. The topological polar surface area (TPSA) is 89.0 Å². The van der Waals surface area contributed by atoms with Crippen molar-refractivity contribution < 1.29 is 24.2 Å². The Kier molecular flexibility index (Phi) is 7.96. The number of benzene rings is 2. The molecule has 39 heavy (non-hydrogen) atoms. The lowest BCUT2D eigenvalue weighted by atomic mass is 9.85. The van der Waals surface area contributed by atoms with Gasteiger partial charge >= 0.3 is 5.97 Å². The third-order valence-corrected chi connectivity index (χ3v) is 8.01. The minimum absolute atomic E-state index is 0.162. The minimum atomic E-state index is -1.31. The molecule has 7 nitrogen and oxygen atoms in total. The van der Waals surface area contributed by atoms with Crippen molar-refractivity contribution in [1.82, 2.24) is 9.88 Å². The van der Waals surface area contributed by atoms with E-state index in [2.05, 4.69) is 4.98 Å². The highest BCUT2D eigenvalue weighted by Crippen LogP contribution is 2.50. The molecule has 0 bridgehead atoms. The fraction of sp³-hybridized carbons (Fsp3) is 0.367. The molecule has 1 saturated carbocycles. The maximum atomic E-state index is 14.4. The summed E-state index contributed by atoms with van der Waals surface area (Å²) in [4.78, 5) is 32.6. The van der Waals surface area contributed by atoms with Gasteiger partial charge in [-0.05, 0) is 73.2 Å². The number of amides is 1. The normalized spacial score (nSPS) is 23.9. The highest BCUT2D eigenvalue weighted by Gasteiger charge is 2.54. The van der Waals surface area contributed by atoms with Crippen molar-refractivity contribution in [2.24, 2.45) is 5.92 Å². The fourth-order valence-corrected chi connectivity index (χ4v) is 5.73. The number of methoxy groups -OCH3 is 1. The van der Waals surface area contributed by atoms with Crippen LogP contribution in [0.1, 0.15) is 59.1 Å². The maximum Gasteiger partial charge on any atom is 0.339 e. The van der Waals surface area contributed by atoms with E-state index >= 15 is 0 Å². The van der Waals surface area contributed by atoms with Gasteiger partial charge < -0.3 is 19.5 Å². The largest absolute Gasteiger partial charge is 0.465 e. The van der Waals surface area contributed by atoms with Gasteiger partial charge in [0.15, 0.2) is 5.60 Å². The number of carbonyl (C=O) groups excluding carboxylic acids is 2. The van der Waals surface area contributed by atoms with Crippen LogP contribution in [0.25, 0.3) is 0 Å². The van der Waals surface area contributed by atoms with Gasteiger partial charge in [0, 0.05) is 28.4 Å². The first-order chi connectivity index (χ1) is 18.7. The average molecular weight is 569 g/mol. The van der Waals surface area contributed by atoms with E-state index in [0.717, 1.165) is 24.0 Å². The zero-order valence-electron chi connectivity index (χ0n) is 21.7. The van der Waals surface area contributed by atoms with Gasteiger partial charge in [-0.3, -0.25) is 9.78 Å². The second-order valence-corrected chi connectivity index (χ2v) is 11.2. The Morgan fingerprint density at radius 2 is 1.87 bits per heavy atom. The molecule has 2 heterocycles. The minimum Gasteiger partial charge on any atom is -0.465 e. The molecular weight excluding hydrogens is 539 g/mol. The summed E-state index contributed by atoms with van der Waals surface area (Å²) in [6.07, 6.45) is 2.89. The SMILES string of the molecule is COC(=O)c1ccc(C[C@]2(C)O[C@H](c3cccc(Cl)c3)C(c3ccc(Cl)cc3)N(C(CO)C3CC3)C2=O)nc1. The molecule has 2 unspecified atom stereocenters. The van der Waals surface area contributed by atoms with Crippen molar-refractivity contribution in [2.45, 2.75) is 50.0 Å². The molecule has 0 radical (unpaired) electrons. The zero-order valence-corrected chi connectivity index (χ0v) is 23.2. The number of halogens is 2. The molecule has 1 N–H and O–H groups in total. The zero-order chi connectivity index (χ0) is 27.7. The standard InChI is InChI=1S/C30H30Cl2N2O5/c1-30(15-24-13-10-21(16-33-24)28(36)38-2)29(37)34(25(17-35)18-6-7-18)26(19-8-11-22(31)12-9-19)27(39-30)20-4-3-5-23(32)14-20/h3-5,8-14,16,18,25-27,35H,6-7,15,17H2,1-2H3/t25?,26?,27-,30+/m1/s1. The summed E-state index contributed by atoms with van der Waals surface area (Å²) in [5.41, 5.74) is 1.25. The molecule has 204 valence electrons. The van der Waals surface area contributed by atoms with Crippen molar-refractivity contribution in [3.63, 3.8) is 0 Å². The van der Waals surface area contributed by atoms with Crippen LogP contribution in [0.5, 0.6) is 0 Å². The van der Waals surface area contributed by atoms with Crippen LogP contribution in [0, 0.1) is 5.92 Å². The van der Waals surface area contributed by atoms with Gasteiger partial charge in [-0.1, -0.05) is 47.5 Å². The number of hydrogen-bond donors (Lipinski definition) is 1. The van der Waals surface area contributed by atoms with Crippen molar-refractivity contribution in [2.75, 3.05) is 13.7 Å². The number of rotatable bonds is 8. The van der Waals surface area contributed by atoms with E-state index in [1.807, 2.05) is 35.2 Å². The summed E-state index contributed by atoms with van der Waals surface area (Å²) in [5.74, 6) is -0.516. The van der Waals surface area contributed by atoms with Crippen molar-refractivity contribution in [3.8, 4) is 0 Å². The number of ether oxygens (including phenoxy) is 2. The second-order valence-electron chi connectivity index (χ2n) is 10.3. The number of aliphatic hydroxyl groups is 1. The highest BCUT2D eigenvalue weighted by molar-refractivity contribution is 6.30. The Labute approximate surface area is 237 Å². The Morgan fingerprint density at radius 3 is 2.46 bits per heavy atom. The molecule has 2 fully saturated rings. The monoisotopic (exact) mass is 568 g/mol. The number of pyridine rings is 1. The van der Waals surface area contributed by atoms with Gasteiger partial charge in [0.05, 0.1) is 31.4 Å². The van der Waals surface area contributed by atoms with Crippen molar-refractivity contribution in [3.05, 3.63) is 99.3 Å². The number of morpholine rings is 1. The van der Waals surface area contributed by atoms with Gasteiger partial charge in [-0.15, -0.1) is 0 Å². The summed E-state index contributed by atoms with van der Waals surface area (Å²) in [6, 6.07) is 17.2. The highest BCUT2D eigenvalue weighted by atomic mass is 35.5. The second kappa shape index (κ2) is 11.3. The predicted octanol–water partition coefficient (Wildman–Crippen LogP) is 5.59. The molecule has 0 spiro atoms. The summed E-state index contributed by atoms with van der Waals surface area (Å²) < 4.78 is 11.5. The summed E-state index contributed by atoms with van der Waals surface area (Å²) in [6.45, 7) is 1.60. The molecule has 3 aromatic rings. The fourth-order valence-electron chi connectivity index (χ4n) is 5.40. The third-order valence-electron chi connectivity index (χ3n) is 7.52. The van der Waals surface area contributed by atoms with Crippen LogP contribution in [0.3, 0.4) is 0 Å². The van der Waals surface area contributed by atoms with E-state index < -0.39 is 23.7 Å². The van der Waals surface area contributed by atoms with E-state index in [-0.39, 0.29) is 30.9 Å². The molecule has 1 aliphatic heterocycles. The van der Waals surface area contributed by atoms with Gasteiger partial charge in [-0.2, -0.15) is 0 Å². The molecule has 2 aromatic carbocycles. The maximum absolute atomic E-state index is 14.4. The lowest BCUT2D eigenvalue weighted by Gasteiger charge is -2.51. The lowest BCUT2D eigenvalue weighted by molar-refractivity contribution is -0.205. The molecule has 1 aromatic heterocycles. The Balaban J connectivity index is 1.60. The van der Waals surface area contributed by atoms with E-state index in [1.54, 1.807) is 37.3 Å². The molecular formula is C30H30Cl2N2O5. The Bertz CT molecular complexity index is 1350. The van der Waals surface area contributed by atoms with Gasteiger partial charge in [-0.25, -0.2) is 4.79 Å². The van der Waals surface area contributed by atoms with E-state index in [9.17, 15) is 14.7 Å². The summed E-state index contributed by atoms with van der Waals surface area (Å²) in [7, 11) is 1.31. The molecule has 1 saturated heterocycles. The summed E-state index contributed by atoms with van der Waals surface area (Å²) >= 11 is 12.6. The van der Waals surface area contributed by atoms with Crippen LogP contribution < -0.4 is 0 Å². The first-order valence-corrected chi connectivity index (χ1v) is 13.7. The van der Waals surface area contributed by atoms with Crippen molar-refractivity contribution >= 4 is 35.1 Å². The lowest BCUT2D eigenvalue weighted by Crippen LogP contribution is -2.62. The molecule has 9 heteroatoms. The Hall–Kier alpha value is -2.97. The molecule has 2 aliphatic rings. The predicted molar refractivity (Wildman–Crippen MR) is 148 cm³/mol. The van der Waals surface area contributed by atoms with Gasteiger partial charge in [0.2, 0.25) is 0 Å². The average Bonchev–Trinajstić information content (AvgIpc) is 3.77. The van der Waals surface area contributed by atoms with Gasteiger partial charge in [0.1, 0.15) is 6.10 Å². The molecule has 5 rings (SSSR count). The van der Waals surface area contributed by atoms with E-state index in [1.165, 1.54) is 13.3 Å². The smallest absolute Gasteiger partial charge is 0.339 e. The van der Waals surface area contributed by atoms with Crippen LogP contribution in [0.2, 0.25) is 10.0 Å². The van der Waals surface area contributed by atoms with Crippen LogP contribution in [-0.4, -0.2) is 52.2 Å². The van der Waals surface area contributed by atoms with E-state index in [0.29, 0.717) is 21.3 Å². The van der Waals surface area contributed by atoms with Crippen LogP contribution in [-0.2, 0) is 20.7 Å². The molecule has 4 atom stereocenters. The summed E-state index contributed by atoms with van der Waals surface area (Å²) in [5, 5.41) is 11.7. The van der Waals surface area contributed by atoms with Gasteiger partial charge in [0.25, 0.3) is 5.91 Å². The van der Waals surface area contributed by atoms with Crippen LogP contribution >= 0.6 is 23.2 Å². The number of aliphatic hydroxyl groups excluding tert-OH is 1. The molecule has 1 amide bonds. The Morgan fingerprint density at radius 1 is 1.13 bits per heavy atom. The quantitative estimate of drug-likeness (QED) is 0.356.